The number of para-hydroxylation sites is 1. The van der Waals surface area contributed by atoms with Gasteiger partial charge in [0.1, 0.15) is 5.75 Å². The van der Waals surface area contributed by atoms with E-state index in [4.69, 9.17) is 22.1 Å². The number of benzene rings is 2. The van der Waals surface area contributed by atoms with Gasteiger partial charge in [0.15, 0.2) is 0 Å². The second-order valence-corrected chi connectivity index (χ2v) is 10.0. The lowest BCUT2D eigenvalue weighted by molar-refractivity contribution is -0.126. The molecule has 2 amide bonds. The average Bonchev–Trinajstić information content (AvgIpc) is 2.91. The summed E-state index contributed by atoms with van der Waals surface area (Å²) in [5.41, 5.74) is 7.49. The Morgan fingerprint density at radius 1 is 1.14 bits per heavy atom. The number of amides is 2. The van der Waals surface area contributed by atoms with E-state index in [-0.39, 0.29) is 23.9 Å². The summed E-state index contributed by atoms with van der Waals surface area (Å²) in [5, 5.41) is 6.86. The first-order valence-electron chi connectivity index (χ1n) is 12.6. The lowest BCUT2D eigenvalue weighted by atomic mass is 9.86. The molecule has 2 aromatic carbocycles. The highest BCUT2D eigenvalue weighted by Crippen LogP contribution is 2.30. The zero-order valence-electron chi connectivity index (χ0n) is 21.0. The molecular weight excluding hydrogens is 478 g/mol. The number of nitrogen functional groups attached to an aromatic ring is 1. The number of methoxy groups -OCH3 is 1. The van der Waals surface area contributed by atoms with Crippen LogP contribution in [0.25, 0.3) is 0 Å². The molecule has 0 aromatic heterocycles. The third-order valence-corrected chi connectivity index (χ3v) is 7.71. The molecule has 0 bridgehead atoms. The van der Waals surface area contributed by atoms with Gasteiger partial charge in [0.25, 0.3) is 5.91 Å². The summed E-state index contributed by atoms with van der Waals surface area (Å²) in [7, 11) is 3.37. The molecule has 2 fully saturated rings. The van der Waals surface area contributed by atoms with E-state index in [0.29, 0.717) is 27.9 Å². The van der Waals surface area contributed by atoms with Crippen LogP contribution in [0.1, 0.15) is 36.0 Å². The molecule has 194 valence electrons. The molecule has 0 radical (unpaired) electrons. The average molecular weight is 514 g/mol. The quantitative estimate of drug-likeness (QED) is 0.492. The van der Waals surface area contributed by atoms with Gasteiger partial charge in [-0.1, -0.05) is 29.8 Å². The molecule has 8 nitrogen and oxygen atoms in total. The Morgan fingerprint density at radius 2 is 1.81 bits per heavy atom. The largest absolute Gasteiger partial charge is 0.496 e. The smallest absolute Gasteiger partial charge is 0.255 e. The summed E-state index contributed by atoms with van der Waals surface area (Å²) in [5.74, 6) is 0.600. The molecule has 36 heavy (non-hydrogen) atoms. The van der Waals surface area contributed by atoms with Gasteiger partial charge in [0, 0.05) is 37.9 Å². The number of halogens is 1. The monoisotopic (exact) mass is 513 g/mol. The molecule has 0 spiro atoms. The summed E-state index contributed by atoms with van der Waals surface area (Å²) >= 11 is 6.15. The predicted molar refractivity (Wildman–Crippen MR) is 144 cm³/mol. The number of rotatable bonds is 7. The van der Waals surface area contributed by atoms with Crippen molar-refractivity contribution in [1.82, 2.24) is 15.5 Å². The summed E-state index contributed by atoms with van der Waals surface area (Å²) in [4.78, 5) is 30.9. The van der Waals surface area contributed by atoms with Crippen LogP contribution < -0.4 is 26.0 Å². The third kappa shape index (κ3) is 5.94. The number of carbonyl (C=O) groups is 2. The van der Waals surface area contributed by atoms with Gasteiger partial charge in [-0.2, -0.15) is 0 Å². The molecule has 0 saturated carbocycles. The van der Waals surface area contributed by atoms with Crippen LogP contribution in [0.3, 0.4) is 0 Å². The zero-order chi connectivity index (χ0) is 25.7. The van der Waals surface area contributed by atoms with Gasteiger partial charge < -0.3 is 26.0 Å². The van der Waals surface area contributed by atoms with Crippen LogP contribution in [-0.2, 0) is 4.79 Å². The van der Waals surface area contributed by atoms with Crippen LogP contribution in [0.4, 0.5) is 11.4 Å². The Kier molecular flexibility index (Phi) is 8.72. The van der Waals surface area contributed by atoms with Crippen molar-refractivity contribution in [2.24, 2.45) is 5.92 Å². The first-order chi connectivity index (χ1) is 17.4. The van der Waals surface area contributed by atoms with Crippen molar-refractivity contribution in [2.45, 2.75) is 37.8 Å². The second-order valence-electron chi connectivity index (χ2n) is 9.62. The van der Waals surface area contributed by atoms with Gasteiger partial charge in [0.2, 0.25) is 5.91 Å². The fourth-order valence-corrected chi connectivity index (χ4v) is 5.46. The highest BCUT2D eigenvalue weighted by Gasteiger charge is 2.38. The summed E-state index contributed by atoms with van der Waals surface area (Å²) < 4.78 is 5.34. The number of piperidine rings is 2. The Labute approximate surface area is 218 Å². The van der Waals surface area contributed by atoms with Crippen LogP contribution in [0.5, 0.6) is 5.75 Å². The minimum Gasteiger partial charge on any atom is -0.496 e. The van der Waals surface area contributed by atoms with E-state index in [1.54, 1.807) is 17.0 Å². The van der Waals surface area contributed by atoms with E-state index in [0.717, 1.165) is 57.5 Å². The maximum Gasteiger partial charge on any atom is 0.255 e. The first kappa shape index (κ1) is 26.3. The standard InChI is InChI=1S/C27H36ClN5O3/c1-32(20-6-4-3-5-7-20)27(35)25(18-8-12-30-13-9-18)33-14-10-19(11-15-33)31-26(34)21-16-22(28)23(29)17-24(21)36-2/h3-7,16-19,25,30H,8-15,29H2,1-2H3,(H,31,34). The van der Waals surface area contributed by atoms with Crippen molar-refractivity contribution < 1.29 is 14.3 Å². The molecule has 1 atom stereocenters. The summed E-state index contributed by atoms with van der Waals surface area (Å²) in [6.07, 6.45) is 3.49. The van der Waals surface area contributed by atoms with Gasteiger partial charge in [-0.25, -0.2) is 0 Å². The van der Waals surface area contributed by atoms with Crippen LogP contribution in [0, 0.1) is 5.92 Å². The molecule has 1 unspecified atom stereocenters. The van der Waals surface area contributed by atoms with Crippen molar-refractivity contribution in [1.29, 1.82) is 0 Å². The van der Waals surface area contributed by atoms with Gasteiger partial charge in [-0.3, -0.25) is 14.5 Å². The topological polar surface area (TPSA) is 99.9 Å². The van der Waals surface area contributed by atoms with E-state index in [9.17, 15) is 9.59 Å². The fraction of sp³-hybridized carbons (Fsp3) is 0.481. The molecule has 2 aliphatic heterocycles. The van der Waals surface area contributed by atoms with Crippen LogP contribution >= 0.6 is 11.6 Å². The number of nitrogens with one attached hydrogen (secondary N) is 2. The number of nitrogens with two attached hydrogens (primary N) is 1. The highest BCUT2D eigenvalue weighted by molar-refractivity contribution is 6.33. The SMILES string of the molecule is COc1cc(N)c(Cl)cc1C(=O)NC1CCN(C(C(=O)N(C)c2ccccc2)C2CCNCC2)CC1. The van der Waals surface area contributed by atoms with E-state index in [1.165, 1.54) is 7.11 Å². The molecule has 4 rings (SSSR count). The van der Waals surface area contributed by atoms with Gasteiger partial charge in [-0.15, -0.1) is 0 Å². The minimum absolute atomic E-state index is 0.00501. The molecular formula is C27H36ClN5O3. The first-order valence-corrected chi connectivity index (χ1v) is 13.0. The molecule has 0 aliphatic carbocycles. The zero-order valence-corrected chi connectivity index (χ0v) is 21.8. The van der Waals surface area contributed by atoms with E-state index < -0.39 is 0 Å². The molecule has 9 heteroatoms. The Balaban J connectivity index is 1.43. The van der Waals surface area contributed by atoms with Crippen molar-refractivity contribution in [3.8, 4) is 5.75 Å². The van der Waals surface area contributed by atoms with Crippen molar-refractivity contribution in [2.75, 3.05) is 51.0 Å². The molecule has 2 aromatic rings. The van der Waals surface area contributed by atoms with Crippen molar-refractivity contribution >= 4 is 34.8 Å². The Morgan fingerprint density at radius 3 is 2.44 bits per heavy atom. The lowest BCUT2D eigenvalue weighted by Crippen LogP contribution is -2.57. The fourth-order valence-electron chi connectivity index (χ4n) is 5.29. The number of nitrogens with zero attached hydrogens (tertiary/aromatic N) is 2. The van der Waals surface area contributed by atoms with Crippen LogP contribution in [0.15, 0.2) is 42.5 Å². The number of carbonyl (C=O) groups excluding carboxylic acids is 2. The Hall–Kier alpha value is -2.81. The number of anilines is 2. The third-order valence-electron chi connectivity index (χ3n) is 7.38. The Bertz CT molecular complexity index is 1050. The molecule has 2 heterocycles. The van der Waals surface area contributed by atoms with Crippen LogP contribution in [-0.4, -0.2) is 69.1 Å². The van der Waals surface area contributed by atoms with E-state index in [1.807, 2.05) is 37.4 Å². The second kappa shape index (κ2) is 12.0. The van der Waals surface area contributed by atoms with Crippen molar-refractivity contribution in [3.05, 3.63) is 53.1 Å². The number of hydrogen-bond donors (Lipinski definition) is 3. The number of likely N-dealkylation sites (tertiary alicyclic amines) is 1. The summed E-state index contributed by atoms with van der Waals surface area (Å²) in [6, 6.07) is 12.7. The molecule has 4 N–H and O–H groups in total. The normalized spacial score (nSPS) is 18.4. The van der Waals surface area contributed by atoms with E-state index in [2.05, 4.69) is 15.5 Å². The van der Waals surface area contributed by atoms with Gasteiger partial charge >= 0.3 is 0 Å². The van der Waals surface area contributed by atoms with Crippen LogP contribution in [0.2, 0.25) is 5.02 Å². The van der Waals surface area contributed by atoms with E-state index >= 15 is 0 Å². The predicted octanol–water partition coefficient (Wildman–Crippen LogP) is 3.16. The lowest BCUT2D eigenvalue weighted by Gasteiger charge is -2.42. The number of likely N-dealkylation sites (N-methyl/N-ethyl adjacent to an activating group) is 1. The number of ether oxygens (including phenoxy) is 1. The minimum atomic E-state index is -0.234. The highest BCUT2D eigenvalue weighted by atomic mass is 35.5. The van der Waals surface area contributed by atoms with Crippen molar-refractivity contribution in [3.63, 3.8) is 0 Å². The summed E-state index contributed by atoms with van der Waals surface area (Å²) in [6.45, 7) is 3.35. The number of hydrogen-bond acceptors (Lipinski definition) is 6. The molecule has 2 aliphatic rings. The molecule has 2 saturated heterocycles. The van der Waals surface area contributed by atoms with Gasteiger partial charge in [0.05, 0.1) is 29.4 Å². The maximum absolute atomic E-state index is 13.8. The maximum atomic E-state index is 13.8. The van der Waals surface area contributed by atoms with Gasteiger partial charge in [-0.05, 0) is 62.9 Å².